The van der Waals surface area contributed by atoms with E-state index in [-0.39, 0.29) is 11.8 Å². The molecule has 2 aromatic rings. The first kappa shape index (κ1) is 22.8. The first-order valence-corrected chi connectivity index (χ1v) is 11.0. The van der Waals surface area contributed by atoms with E-state index in [0.29, 0.717) is 37.4 Å². The van der Waals surface area contributed by atoms with Crippen LogP contribution in [0.4, 0.5) is 5.69 Å². The lowest BCUT2D eigenvalue weighted by Crippen LogP contribution is -2.34. The smallest absolute Gasteiger partial charge is 0.278 e. The third kappa shape index (κ3) is 5.42. The van der Waals surface area contributed by atoms with Gasteiger partial charge in [0.15, 0.2) is 0 Å². The fourth-order valence-electron chi connectivity index (χ4n) is 3.69. The normalized spacial score (nSPS) is 14.0. The van der Waals surface area contributed by atoms with Gasteiger partial charge in [0.2, 0.25) is 0 Å². The summed E-state index contributed by atoms with van der Waals surface area (Å²) in [6.07, 6.45) is 2.73. The van der Waals surface area contributed by atoms with Gasteiger partial charge in [-0.2, -0.15) is 0 Å². The van der Waals surface area contributed by atoms with Gasteiger partial charge in [-0.15, -0.1) is 0 Å². The number of hydrogen-bond donors (Lipinski definition) is 1. The first-order valence-electron chi connectivity index (χ1n) is 11.0. The number of carbonyl (C=O) groups is 2. The van der Waals surface area contributed by atoms with Crippen LogP contribution in [0, 0.1) is 20.8 Å². The molecule has 0 aliphatic carbocycles. The zero-order chi connectivity index (χ0) is 22.4. The zero-order valence-electron chi connectivity index (χ0n) is 19.0. The van der Waals surface area contributed by atoms with Gasteiger partial charge in [-0.3, -0.25) is 14.5 Å². The Morgan fingerprint density at radius 2 is 1.55 bits per heavy atom. The standard InChI is InChI=1S/C26H32N2O3/c1-5-6-15-31-16-7-14-28-25(29)23(22-13-10-19(3)17-20(22)4)24(26(28)30)27-21-11-8-18(2)9-12-21/h8-13,17,27H,5-7,14-16H2,1-4H3. The predicted molar refractivity (Wildman–Crippen MR) is 125 cm³/mol. The van der Waals surface area contributed by atoms with Crippen molar-refractivity contribution in [2.45, 2.75) is 47.0 Å². The van der Waals surface area contributed by atoms with E-state index >= 15 is 0 Å². The summed E-state index contributed by atoms with van der Waals surface area (Å²) in [6, 6.07) is 13.7. The maximum Gasteiger partial charge on any atom is 0.278 e. The molecule has 0 unspecified atom stereocenters. The van der Waals surface area contributed by atoms with Crippen LogP contribution in [0.1, 0.15) is 48.4 Å². The summed E-state index contributed by atoms with van der Waals surface area (Å²) in [4.78, 5) is 27.9. The summed E-state index contributed by atoms with van der Waals surface area (Å²) in [7, 11) is 0. The highest BCUT2D eigenvalue weighted by Gasteiger charge is 2.39. The first-order chi connectivity index (χ1) is 14.9. The molecule has 1 N–H and O–H groups in total. The van der Waals surface area contributed by atoms with Crippen LogP contribution in [0.5, 0.6) is 0 Å². The number of rotatable bonds is 10. The largest absolute Gasteiger partial charge is 0.381 e. The lowest BCUT2D eigenvalue weighted by atomic mass is 9.97. The lowest BCUT2D eigenvalue weighted by molar-refractivity contribution is -0.137. The van der Waals surface area contributed by atoms with Gasteiger partial charge in [-0.25, -0.2) is 0 Å². The monoisotopic (exact) mass is 420 g/mol. The summed E-state index contributed by atoms with van der Waals surface area (Å²) in [6.45, 7) is 9.72. The van der Waals surface area contributed by atoms with Crippen LogP contribution < -0.4 is 5.32 Å². The molecule has 164 valence electrons. The molecule has 3 rings (SSSR count). The van der Waals surface area contributed by atoms with Crippen molar-refractivity contribution >= 4 is 23.1 Å². The van der Waals surface area contributed by atoms with Crippen LogP contribution in [0.15, 0.2) is 48.2 Å². The summed E-state index contributed by atoms with van der Waals surface area (Å²) in [5.74, 6) is -0.533. The molecule has 2 amide bonds. The summed E-state index contributed by atoms with van der Waals surface area (Å²) < 4.78 is 5.60. The van der Waals surface area contributed by atoms with E-state index in [0.717, 1.165) is 40.8 Å². The molecule has 0 saturated carbocycles. The molecule has 5 heteroatoms. The van der Waals surface area contributed by atoms with Crippen LogP contribution in [0.2, 0.25) is 0 Å². The van der Waals surface area contributed by atoms with Crippen molar-refractivity contribution in [3.8, 4) is 0 Å². The molecular weight excluding hydrogens is 388 g/mol. The quantitative estimate of drug-likeness (QED) is 0.434. The number of nitrogens with zero attached hydrogens (tertiary/aromatic N) is 1. The molecule has 0 radical (unpaired) electrons. The molecular formula is C26H32N2O3. The van der Waals surface area contributed by atoms with Gasteiger partial charge in [-0.05, 0) is 56.9 Å². The van der Waals surface area contributed by atoms with Gasteiger partial charge in [0, 0.05) is 25.4 Å². The zero-order valence-corrected chi connectivity index (χ0v) is 19.0. The maximum atomic E-state index is 13.3. The van der Waals surface area contributed by atoms with E-state index in [1.54, 1.807) is 0 Å². The Labute approximate surface area is 185 Å². The summed E-state index contributed by atoms with van der Waals surface area (Å²) in [5, 5.41) is 3.22. The van der Waals surface area contributed by atoms with E-state index in [9.17, 15) is 9.59 Å². The Hall–Kier alpha value is -2.92. The highest BCUT2D eigenvalue weighted by atomic mass is 16.5. The molecule has 0 saturated heterocycles. The highest BCUT2D eigenvalue weighted by Crippen LogP contribution is 2.32. The molecule has 0 spiro atoms. The van der Waals surface area contributed by atoms with Crippen LogP contribution in [-0.2, 0) is 14.3 Å². The van der Waals surface area contributed by atoms with Gasteiger partial charge < -0.3 is 10.1 Å². The van der Waals surface area contributed by atoms with Crippen molar-refractivity contribution in [2.75, 3.05) is 25.1 Å². The average molecular weight is 421 g/mol. The minimum absolute atomic E-state index is 0.250. The lowest BCUT2D eigenvalue weighted by Gasteiger charge is -2.15. The molecule has 1 heterocycles. The van der Waals surface area contributed by atoms with Crippen molar-refractivity contribution in [3.05, 3.63) is 70.4 Å². The number of hydrogen-bond acceptors (Lipinski definition) is 4. The van der Waals surface area contributed by atoms with Crippen molar-refractivity contribution in [2.24, 2.45) is 0 Å². The van der Waals surface area contributed by atoms with Crippen LogP contribution in [-0.4, -0.2) is 36.5 Å². The maximum absolute atomic E-state index is 13.3. The number of benzene rings is 2. The van der Waals surface area contributed by atoms with Crippen LogP contribution >= 0.6 is 0 Å². The predicted octanol–water partition coefficient (Wildman–Crippen LogP) is 5.01. The minimum Gasteiger partial charge on any atom is -0.381 e. The second-order valence-corrected chi connectivity index (χ2v) is 8.14. The summed E-state index contributed by atoms with van der Waals surface area (Å²) >= 11 is 0. The Bertz CT molecular complexity index is 977. The number of anilines is 1. The van der Waals surface area contributed by atoms with Gasteiger partial charge in [0.1, 0.15) is 5.70 Å². The topological polar surface area (TPSA) is 58.6 Å². The number of nitrogens with one attached hydrogen (secondary N) is 1. The van der Waals surface area contributed by atoms with E-state index in [1.165, 1.54) is 4.90 Å². The average Bonchev–Trinajstić information content (AvgIpc) is 2.96. The van der Waals surface area contributed by atoms with E-state index < -0.39 is 0 Å². The highest BCUT2D eigenvalue weighted by molar-refractivity contribution is 6.36. The van der Waals surface area contributed by atoms with Crippen molar-refractivity contribution in [1.29, 1.82) is 0 Å². The van der Waals surface area contributed by atoms with Gasteiger partial charge >= 0.3 is 0 Å². The molecule has 0 bridgehead atoms. The number of amides is 2. The number of unbranched alkanes of at least 4 members (excludes halogenated alkanes) is 1. The molecule has 1 aliphatic rings. The fourth-order valence-corrected chi connectivity index (χ4v) is 3.69. The molecule has 31 heavy (non-hydrogen) atoms. The second kappa shape index (κ2) is 10.4. The van der Waals surface area contributed by atoms with Gasteiger partial charge in [-0.1, -0.05) is 54.8 Å². The molecule has 1 aliphatic heterocycles. The number of imide groups is 1. The Kier molecular flexibility index (Phi) is 7.64. The van der Waals surface area contributed by atoms with Crippen molar-refractivity contribution < 1.29 is 14.3 Å². The van der Waals surface area contributed by atoms with E-state index in [4.69, 9.17) is 4.74 Å². The molecule has 0 aromatic heterocycles. The third-order valence-electron chi connectivity index (χ3n) is 5.45. The number of carbonyl (C=O) groups excluding carboxylic acids is 2. The number of aryl methyl sites for hydroxylation is 3. The Morgan fingerprint density at radius 3 is 2.23 bits per heavy atom. The Morgan fingerprint density at radius 1 is 0.871 bits per heavy atom. The fraction of sp³-hybridized carbons (Fsp3) is 0.385. The summed E-state index contributed by atoms with van der Waals surface area (Å²) in [5.41, 5.74) is 5.58. The van der Waals surface area contributed by atoms with Crippen LogP contribution in [0.3, 0.4) is 0 Å². The molecule has 2 aromatic carbocycles. The second-order valence-electron chi connectivity index (χ2n) is 8.14. The molecule has 0 fully saturated rings. The molecule has 5 nitrogen and oxygen atoms in total. The number of ether oxygens (including phenoxy) is 1. The van der Waals surface area contributed by atoms with Crippen LogP contribution in [0.25, 0.3) is 5.57 Å². The van der Waals surface area contributed by atoms with E-state index in [1.807, 2.05) is 63.2 Å². The van der Waals surface area contributed by atoms with Gasteiger partial charge in [0.25, 0.3) is 11.8 Å². The SMILES string of the molecule is CCCCOCCCN1C(=O)C(Nc2ccc(C)cc2)=C(c2ccc(C)cc2C)C1=O. The minimum atomic E-state index is -0.283. The van der Waals surface area contributed by atoms with Crippen molar-refractivity contribution in [1.82, 2.24) is 4.90 Å². The molecule has 0 atom stereocenters. The Balaban J connectivity index is 1.86. The van der Waals surface area contributed by atoms with Crippen molar-refractivity contribution in [3.63, 3.8) is 0 Å². The van der Waals surface area contributed by atoms with E-state index in [2.05, 4.69) is 12.2 Å². The third-order valence-corrected chi connectivity index (χ3v) is 5.45. The van der Waals surface area contributed by atoms with Gasteiger partial charge in [0.05, 0.1) is 5.57 Å².